The number of likely N-dealkylation sites (tertiary alicyclic amines) is 1. The van der Waals surface area contributed by atoms with Gasteiger partial charge in [0.15, 0.2) is 0 Å². The van der Waals surface area contributed by atoms with E-state index in [-0.39, 0.29) is 0 Å². The van der Waals surface area contributed by atoms with Crippen molar-refractivity contribution in [2.24, 2.45) is 5.73 Å². The van der Waals surface area contributed by atoms with E-state index in [1.807, 2.05) is 0 Å². The molecular formula is C14H22N2. The maximum Gasteiger partial charge on any atom is 0.0233 e. The third-order valence-corrected chi connectivity index (χ3v) is 3.36. The SMILES string of the molecule is NCc1ccc(CN2CCCCCC2)cc1. The van der Waals surface area contributed by atoms with E-state index in [1.54, 1.807) is 0 Å². The molecule has 1 aromatic rings. The largest absolute Gasteiger partial charge is 0.326 e. The number of nitrogens with two attached hydrogens (primary N) is 1. The summed E-state index contributed by atoms with van der Waals surface area (Å²) in [7, 11) is 0. The van der Waals surface area contributed by atoms with Crippen molar-refractivity contribution in [3.8, 4) is 0 Å². The molecule has 88 valence electrons. The summed E-state index contributed by atoms with van der Waals surface area (Å²) in [6.45, 7) is 4.27. The number of benzene rings is 1. The molecule has 2 rings (SSSR count). The lowest BCUT2D eigenvalue weighted by atomic mass is 10.1. The number of hydrogen-bond acceptors (Lipinski definition) is 2. The van der Waals surface area contributed by atoms with Crippen LogP contribution in [0.5, 0.6) is 0 Å². The fraction of sp³-hybridized carbons (Fsp3) is 0.571. The summed E-state index contributed by atoms with van der Waals surface area (Å²) in [4.78, 5) is 2.57. The summed E-state index contributed by atoms with van der Waals surface area (Å²) >= 11 is 0. The van der Waals surface area contributed by atoms with Crippen LogP contribution in [0.15, 0.2) is 24.3 Å². The van der Waals surface area contributed by atoms with E-state index in [2.05, 4.69) is 29.2 Å². The Kier molecular flexibility index (Phi) is 4.37. The smallest absolute Gasteiger partial charge is 0.0233 e. The van der Waals surface area contributed by atoms with Crippen LogP contribution in [0.4, 0.5) is 0 Å². The molecule has 1 fully saturated rings. The van der Waals surface area contributed by atoms with Gasteiger partial charge in [0.05, 0.1) is 0 Å². The van der Waals surface area contributed by atoms with E-state index in [0.717, 1.165) is 6.54 Å². The van der Waals surface area contributed by atoms with Crippen LogP contribution in [-0.2, 0) is 13.1 Å². The lowest BCUT2D eigenvalue weighted by Gasteiger charge is -2.19. The van der Waals surface area contributed by atoms with Crippen molar-refractivity contribution >= 4 is 0 Å². The summed E-state index contributed by atoms with van der Waals surface area (Å²) in [6.07, 6.45) is 5.53. The fourth-order valence-corrected chi connectivity index (χ4v) is 2.33. The zero-order valence-electron chi connectivity index (χ0n) is 9.99. The van der Waals surface area contributed by atoms with Crippen molar-refractivity contribution in [3.05, 3.63) is 35.4 Å². The first kappa shape index (κ1) is 11.6. The second-order valence-electron chi connectivity index (χ2n) is 4.71. The molecule has 1 heterocycles. The Bertz CT molecular complexity index is 297. The molecule has 1 aromatic carbocycles. The van der Waals surface area contributed by atoms with E-state index in [4.69, 9.17) is 5.73 Å². The highest BCUT2D eigenvalue weighted by atomic mass is 15.1. The van der Waals surface area contributed by atoms with Gasteiger partial charge in [-0.25, -0.2) is 0 Å². The monoisotopic (exact) mass is 218 g/mol. The molecule has 0 saturated carbocycles. The third kappa shape index (κ3) is 3.32. The van der Waals surface area contributed by atoms with Gasteiger partial charge in [0.2, 0.25) is 0 Å². The normalized spacial score (nSPS) is 18.3. The first-order valence-electron chi connectivity index (χ1n) is 6.39. The highest BCUT2D eigenvalue weighted by Crippen LogP contribution is 2.13. The van der Waals surface area contributed by atoms with Gasteiger partial charge in [-0.1, -0.05) is 37.1 Å². The maximum absolute atomic E-state index is 5.59. The molecule has 0 amide bonds. The molecule has 0 bridgehead atoms. The molecule has 0 radical (unpaired) electrons. The molecule has 0 atom stereocenters. The molecular weight excluding hydrogens is 196 g/mol. The standard InChI is InChI=1S/C14H22N2/c15-11-13-5-7-14(8-6-13)12-16-9-3-1-2-4-10-16/h5-8H,1-4,9-12,15H2. The van der Waals surface area contributed by atoms with Gasteiger partial charge in [-0.05, 0) is 37.1 Å². The highest BCUT2D eigenvalue weighted by molar-refractivity contribution is 5.22. The van der Waals surface area contributed by atoms with Gasteiger partial charge in [0.1, 0.15) is 0 Å². The van der Waals surface area contributed by atoms with Gasteiger partial charge in [-0.15, -0.1) is 0 Å². The van der Waals surface area contributed by atoms with Gasteiger partial charge in [-0.2, -0.15) is 0 Å². The predicted molar refractivity (Wildman–Crippen MR) is 68.1 cm³/mol. The van der Waals surface area contributed by atoms with Crippen LogP contribution in [0.3, 0.4) is 0 Å². The zero-order chi connectivity index (χ0) is 11.2. The minimum absolute atomic E-state index is 0.643. The van der Waals surface area contributed by atoms with Gasteiger partial charge >= 0.3 is 0 Å². The van der Waals surface area contributed by atoms with E-state index in [9.17, 15) is 0 Å². The van der Waals surface area contributed by atoms with E-state index in [1.165, 1.54) is 49.9 Å². The van der Waals surface area contributed by atoms with Crippen molar-refractivity contribution in [2.45, 2.75) is 38.8 Å². The Morgan fingerprint density at radius 2 is 1.44 bits per heavy atom. The minimum atomic E-state index is 0.643. The van der Waals surface area contributed by atoms with Crippen molar-refractivity contribution in [1.29, 1.82) is 0 Å². The summed E-state index contributed by atoms with van der Waals surface area (Å²) in [6, 6.07) is 8.72. The van der Waals surface area contributed by atoms with Gasteiger partial charge in [0, 0.05) is 13.1 Å². The Morgan fingerprint density at radius 3 is 2.00 bits per heavy atom. The molecule has 0 aromatic heterocycles. The average Bonchev–Trinajstić information content (AvgIpc) is 2.59. The van der Waals surface area contributed by atoms with Crippen molar-refractivity contribution in [2.75, 3.05) is 13.1 Å². The molecule has 0 spiro atoms. The molecule has 0 unspecified atom stereocenters. The van der Waals surface area contributed by atoms with Crippen LogP contribution in [0.1, 0.15) is 36.8 Å². The maximum atomic E-state index is 5.59. The van der Waals surface area contributed by atoms with Crippen LogP contribution in [-0.4, -0.2) is 18.0 Å². The summed E-state index contributed by atoms with van der Waals surface area (Å²) < 4.78 is 0. The first-order valence-corrected chi connectivity index (χ1v) is 6.39. The minimum Gasteiger partial charge on any atom is -0.326 e. The van der Waals surface area contributed by atoms with E-state index < -0.39 is 0 Å². The second-order valence-corrected chi connectivity index (χ2v) is 4.71. The molecule has 1 aliphatic heterocycles. The van der Waals surface area contributed by atoms with Gasteiger partial charge in [0.25, 0.3) is 0 Å². The van der Waals surface area contributed by atoms with E-state index >= 15 is 0 Å². The van der Waals surface area contributed by atoms with Crippen LogP contribution in [0, 0.1) is 0 Å². The topological polar surface area (TPSA) is 29.3 Å². The lowest BCUT2D eigenvalue weighted by Crippen LogP contribution is -2.23. The van der Waals surface area contributed by atoms with Crippen molar-refractivity contribution in [3.63, 3.8) is 0 Å². The third-order valence-electron chi connectivity index (χ3n) is 3.36. The molecule has 1 saturated heterocycles. The molecule has 0 aliphatic carbocycles. The lowest BCUT2D eigenvalue weighted by molar-refractivity contribution is 0.277. The van der Waals surface area contributed by atoms with Gasteiger partial charge in [-0.3, -0.25) is 4.90 Å². The molecule has 2 N–H and O–H groups in total. The number of hydrogen-bond donors (Lipinski definition) is 1. The van der Waals surface area contributed by atoms with Gasteiger partial charge < -0.3 is 5.73 Å². The quantitative estimate of drug-likeness (QED) is 0.844. The molecule has 1 aliphatic rings. The van der Waals surface area contributed by atoms with Crippen LogP contribution in [0.2, 0.25) is 0 Å². The Balaban J connectivity index is 1.91. The van der Waals surface area contributed by atoms with E-state index in [0.29, 0.717) is 6.54 Å². The average molecular weight is 218 g/mol. The first-order chi connectivity index (χ1) is 7.88. The van der Waals surface area contributed by atoms with Crippen LogP contribution >= 0.6 is 0 Å². The summed E-state index contributed by atoms with van der Waals surface area (Å²) in [5.41, 5.74) is 8.23. The fourth-order valence-electron chi connectivity index (χ4n) is 2.33. The second kappa shape index (κ2) is 6.02. The molecule has 16 heavy (non-hydrogen) atoms. The number of rotatable bonds is 3. The Morgan fingerprint density at radius 1 is 0.875 bits per heavy atom. The number of nitrogens with zero attached hydrogens (tertiary/aromatic N) is 1. The zero-order valence-corrected chi connectivity index (χ0v) is 9.99. The van der Waals surface area contributed by atoms with Crippen molar-refractivity contribution in [1.82, 2.24) is 4.90 Å². The van der Waals surface area contributed by atoms with Crippen LogP contribution < -0.4 is 5.73 Å². The molecule has 2 heteroatoms. The molecule has 2 nitrogen and oxygen atoms in total. The Hall–Kier alpha value is -0.860. The predicted octanol–water partition coefficient (Wildman–Crippen LogP) is 2.52. The van der Waals surface area contributed by atoms with Crippen LogP contribution in [0.25, 0.3) is 0 Å². The highest BCUT2D eigenvalue weighted by Gasteiger charge is 2.08. The summed E-state index contributed by atoms with van der Waals surface area (Å²) in [5, 5.41) is 0. The summed E-state index contributed by atoms with van der Waals surface area (Å²) in [5.74, 6) is 0. The van der Waals surface area contributed by atoms with Crippen molar-refractivity contribution < 1.29 is 0 Å². The Labute approximate surface area is 98.4 Å².